The molecule has 0 aromatic heterocycles. The van der Waals surface area contributed by atoms with E-state index in [0.717, 1.165) is 17.3 Å². The van der Waals surface area contributed by atoms with Crippen LogP contribution in [-0.2, 0) is 11.2 Å². The van der Waals surface area contributed by atoms with Gasteiger partial charge in [-0.25, -0.2) is 4.79 Å². The number of benzene rings is 1. The third kappa shape index (κ3) is 4.99. The van der Waals surface area contributed by atoms with Crippen molar-refractivity contribution in [3.63, 3.8) is 0 Å². The number of halogens is 1. The van der Waals surface area contributed by atoms with Gasteiger partial charge in [0.1, 0.15) is 5.60 Å². The van der Waals surface area contributed by atoms with E-state index < -0.39 is 5.60 Å². The van der Waals surface area contributed by atoms with Gasteiger partial charge in [0.15, 0.2) is 0 Å². The molecule has 1 aromatic rings. The summed E-state index contributed by atoms with van der Waals surface area (Å²) in [6, 6.07) is 7.01. The normalized spacial score (nSPS) is 18.7. The summed E-state index contributed by atoms with van der Waals surface area (Å²) in [5, 5.41) is 6.40. The number of hydrogen-bond acceptors (Lipinski definition) is 3. The van der Waals surface area contributed by atoms with E-state index in [1.807, 2.05) is 20.8 Å². The number of ether oxygens (including phenoxy) is 1. The second-order valence-corrected chi connectivity index (χ2v) is 7.80. The first-order valence-corrected chi connectivity index (χ1v) is 8.55. The van der Waals surface area contributed by atoms with Gasteiger partial charge in [-0.05, 0) is 63.8 Å². The van der Waals surface area contributed by atoms with E-state index in [-0.39, 0.29) is 12.1 Å². The van der Waals surface area contributed by atoms with E-state index >= 15 is 0 Å². The smallest absolute Gasteiger partial charge is 0.407 e. The highest BCUT2D eigenvalue weighted by Crippen LogP contribution is 2.33. The topological polar surface area (TPSA) is 50.4 Å². The average molecular weight is 369 g/mol. The van der Waals surface area contributed by atoms with Crippen molar-refractivity contribution in [2.24, 2.45) is 0 Å². The largest absolute Gasteiger partial charge is 0.444 e. The maximum atomic E-state index is 11.7. The second-order valence-electron chi connectivity index (χ2n) is 6.88. The fourth-order valence-electron chi connectivity index (χ4n) is 2.71. The summed E-state index contributed by atoms with van der Waals surface area (Å²) in [5.41, 5.74) is 2.31. The van der Waals surface area contributed by atoms with Gasteiger partial charge >= 0.3 is 6.09 Å². The van der Waals surface area contributed by atoms with Crippen molar-refractivity contribution in [3.8, 4) is 0 Å². The minimum Gasteiger partial charge on any atom is -0.444 e. The summed E-state index contributed by atoms with van der Waals surface area (Å²) in [7, 11) is 0. The molecule has 2 N–H and O–H groups in total. The zero-order valence-electron chi connectivity index (χ0n) is 13.7. The molecule has 2 atom stereocenters. The minimum atomic E-state index is -0.460. The summed E-state index contributed by atoms with van der Waals surface area (Å²) in [4.78, 5) is 11.7. The lowest BCUT2D eigenvalue weighted by molar-refractivity contribution is 0.0522. The lowest BCUT2D eigenvalue weighted by Gasteiger charge is -2.23. The Morgan fingerprint density at radius 3 is 2.86 bits per heavy atom. The molecule has 0 aliphatic heterocycles. The number of alkyl carbamates (subject to hydrolysis) is 1. The number of amides is 1. The highest BCUT2D eigenvalue weighted by Gasteiger charge is 2.24. The minimum absolute atomic E-state index is 0.187. The highest BCUT2D eigenvalue weighted by atomic mass is 79.9. The van der Waals surface area contributed by atoms with E-state index in [0.29, 0.717) is 12.6 Å². The van der Waals surface area contributed by atoms with Crippen LogP contribution in [-0.4, -0.2) is 24.3 Å². The van der Waals surface area contributed by atoms with Crippen LogP contribution in [0, 0.1) is 0 Å². The molecule has 0 bridgehead atoms. The van der Waals surface area contributed by atoms with Crippen LogP contribution < -0.4 is 10.6 Å². The van der Waals surface area contributed by atoms with Gasteiger partial charge in [0.25, 0.3) is 0 Å². The van der Waals surface area contributed by atoms with Crippen molar-refractivity contribution in [1.82, 2.24) is 10.6 Å². The van der Waals surface area contributed by atoms with Gasteiger partial charge in [-0.1, -0.05) is 22.0 Å². The molecule has 2 rings (SSSR count). The summed E-state index contributed by atoms with van der Waals surface area (Å²) in [6.45, 7) is 8.22. The Morgan fingerprint density at radius 1 is 1.45 bits per heavy atom. The molecule has 0 heterocycles. The number of nitrogens with one attached hydrogen (secondary N) is 2. The zero-order valence-corrected chi connectivity index (χ0v) is 15.3. The van der Waals surface area contributed by atoms with Crippen LogP contribution in [0.25, 0.3) is 0 Å². The van der Waals surface area contributed by atoms with E-state index in [2.05, 4.69) is 51.7 Å². The van der Waals surface area contributed by atoms with E-state index in [9.17, 15) is 4.79 Å². The van der Waals surface area contributed by atoms with Crippen LogP contribution in [0.3, 0.4) is 0 Å². The number of aryl methyl sites for hydroxylation is 1. The average Bonchev–Trinajstić information content (AvgIpc) is 2.77. The summed E-state index contributed by atoms with van der Waals surface area (Å²) in [5.74, 6) is 0. The molecule has 1 amide bonds. The molecule has 22 heavy (non-hydrogen) atoms. The van der Waals surface area contributed by atoms with Gasteiger partial charge in [0.05, 0.1) is 0 Å². The molecule has 122 valence electrons. The van der Waals surface area contributed by atoms with Gasteiger partial charge in [-0.15, -0.1) is 0 Å². The molecule has 5 heteroatoms. The Kier molecular flexibility index (Phi) is 5.50. The van der Waals surface area contributed by atoms with E-state index in [4.69, 9.17) is 4.74 Å². The van der Waals surface area contributed by atoms with Crippen LogP contribution in [0.15, 0.2) is 22.7 Å². The second kappa shape index (κ2) is 7.01. The Bertz CT molecular complexity index is 540. The molecule has 0 saturated heterocycles. The highest BCUT2D eigenvalue weighted by molar-refractivity contribution is 9.10. The van der Waals surface area contributed by atoms with Gasteiger partial charge < -0.3 is 15.4 Å². The van der Waals surface area contributed by atoms with Crippen molar-refractivity contribution in [3.05, 3.63) is 33.8 Å². The molecule has 1 aromatic carbocycles. The fourth-order valence-corrected chi connectivity index (χ4v) is 3.12. The molecular weight excluding hydrogens is 344 g/mol. The predicted octanol–water partition coefficient (Wildman–Crippen LogP) is 3.94. The van der Waals surface area contributed by atoms with Crippen molar-refractivity contribution in [1.29, 1.82) is 0 Å². The molecule has 0 radical (unpaired) electrons. The van der Waals surface area contributed by atoms with Crippen LogP contribution in [0.2, 0.25) is 0 Å². The quantitative estimate of drug-likeness (QED) is 0.845. The molecule has 1 aliphatic rings. The first kappa shape index (κ1) is 17.3. The first-order valence-electron chi connectivity index (χ1n) is 7.76. The molecule has 1 aliphatic carbocycles. The monoisotopic (exact) mass is 368 g/mol. The molecule has 0 spiro atoms. The molecule has 2 unspecified atom stereocenters. The van der Waals surface area contributed by atoms with E-state index in [1.54, 1.807) is 0 Å². The fraction of sp³-hybridized carbons (Fsp3) is 0.588. The SMILES string of the molecule is CC(CNC(=O)OC(C)(C)C)NC1CCc2cc(Br)ccc21. The van der Waals surface area contributed by atoms with Gasteiger partial charge in [0, 0.05) is 23.1 Å². The number of fused-ring (bicyclic) bond motifs is 1. The van der Waals surface area contributed by atoms with Crippen molar-refractivity contribution < 1.29 is 9.53 Å². The Morgan fingerprint density at radius 2 is 2.18 bits per heavy atom. The number of carbonyl (C=O) groups excluding carboxylic acids is 1. The summed E-state index contributed by atoms with van der Waals surface area (Å²) in [6.07, 6.45) is 1.83. The van der Waals surface area contributed by atoms with Crippen molar-refractivity contribution >= 4 is 22.0 Å². The van der Waals surface area contributed by atoms with Crippen LogP contribution in [0.5, 0.6) is 0 Å². The van der Waals surface area contributed by atoms with Gasteiger partial charge in [-0.3, -0.25) is 0 Å². The molecule has 4 nitrogen and oxygen atoms in total. The maximum Gasteiger partial charge on any atom is 0.407 e. The number of hydrogen-bond donors (Lipinski definition) is 2. The lowest BCUT2D eigenvalue weighted by atomic mass is 10.1. The standard InChI is InChI=1S/C17H25BrN2O2/c1-11(10-19-16(21)22-17(2,3)4)20-15-8-5-12-9-13(18)6-7-14(12)15/h6-7,9,11,15,20H,5,8,10H2,1-4H3,(H,19,21). The van der Waals surface area contributed by atoms with Crippen LogP contribution >= 0.6 is 15.9 Å². The Labute approximate surface area is 141 Å². The number of carbonyl (C=O) groups is 1. The molecular formula is C17H25BrN2O2. The van der Waals surface area contributed by atoms with Crippen molar-refractivity contribution in [2.45, 2.75) is 58.2 Å². The first-order chi connectivity index (χ1) is 10.2. The van der Waals surface area contributed by atoms with Gasteiger partial charge in [0.2, 0.25) is 0 Å². The van der Waals surface area contributed by atoms with Crippen LogP contribution in [0.4, 0.5) is 4.79 Å². The maximum absolute atomic E-state index is 11.7. The molecule has 0 fully saturated rings. The van der Waals surface area contributed by atoms with Gasteiger partial charge in [-0.2, -0.15) is 0 Å². The summed E-state index contributed by atoms with van der Waals surface area (Å²) < 4.78 is 6.38. The van der Waals surface area contributed by atoms with Crippen LogP contribution in [0.1, 0.15) is 51.3 Å². The number of rotatable bonds is 4. The van der Waals surface area contributed by atoms with Crippen molar-refractivity contribution in [2.75, 3.05) is 6.54 Å². The summed E-state index contributed by atoms with van der Waals surface area (Å²) >= 11 is 3.52. The lowest BCUT2D eigenvalue weighted by Crippen LogP contribution is -2.42. The molecule has 0 saturated carbocycles. The predicted molar refractivity (Wildman–Crippen MR) is 92.0 cm³/mol. The Hall–Kier alpha value is -1.07. The Balaban J connectivity index is 1.82. The zero-order chi connectivity index (χ0) is 16.3. The third-order valence-electron chi connectivity index (χ3n) is 3.62. The van der Waals surface area contributed by atoms with E-state index in [1.165, 1.54) is 11.1 Å². The third-order valence-corrected chi connectivity index (χ3v) is 4.11.